The van der Waals surface area contributed by atoms with Gasteiger partial charge in [-0.3, -0.25) is 9.59 Å². The van der Waals surface area contributed by atoms with Gasteiger partial charge in [0.2, 0.25) is 17.7 Å². The molecule has 1 aromatic rings. The van der Waals surface area contributed by atoms with Gasteiger partial charge in [-0.1, -0.05) is 12.1 Å². The van der Waals surface area contributed by atoms with Gasteiger partial charge in [0.15, 0.2) is 5.82 Å². The molecule has 0 aromatic carbocycles. The van der Waals surface area contributed by atoms with Crippen LogP contribution in [0.1, 0.15) is 44.3 Å². The Labute approximate surface area is 124 Å². The zero-order chi connectivity index (χ0) is 15.2. The van der Waals surface area contributed by atoms with Crippen molar-refractivity contribution < 1.29 is 14.1 Å². The molecule has 0 saturated carbocycles. The van der Waals surface area contributed by atoms with Crippen molar-refractivity contribution in [2.24, 2.45) is 5.92 Å². The van der Waals surface area contributed by atoms with E-state index in [2.05, 4.69) is 15.5 Å². The van der Waals surface area contributed by atoms with Crippen LogP contribution in [-0.2, 0) is 16.1 Å². The van der Waals surface area contributed by atoms with Crippen molar-refractivity contribution in [3.8, 4) is 0 Å². The summed E-state index contributed by atoms with van der Waals surface area (Å²) < 4.78 is 4.95. The highest BCUT2D eigenvalue weighted by atomic mass is 16.5. The third-order valence-electron chi connectivity index (χ3n) is 3.67. The molecule has 2 rings (SSSR count). The number of piperidine rings is 1. The summed E-state index contributed by atoms with van der Waals surface area (Å²) in [5.74, 6) is 1.12. The van der Waals surface area contributed by atoms with Crippen molar-refractivity contribution in [1.29, 1.82) is 0 Å². The average molecular weight is 294 g/mol. The highest BCUT2D eigenvalue weighted by molar-refractivity contribution is 5.80. The molecular weight excluding hydrogens is 272 g/mol. The van der Waals surface area contributed by atoms with Gasteiger partial charge in [0.25, 0.3) is 0 Å². The van der Waals surface area contributed by atoms with E-state index < -0.39 is 0 Å². The average Bonchev–Trinajstić information content (AvgIpc) is 2.91. The van der Waals surface area contributed by atoms with Crippen LogP contribution in [0.2, 0.25) is 0 Å². The Morgan fingerprint density at radius 1 is 1.38 bits per heavy atom. The Balaban J connectivity index is 1.74. The van der Waals surface area contributed by atoms with E-state index in [4.69, 9.17) is 4.52 Å². The Morgan fingerprint density at radius 2 is 2.10 bits per heavy atom. The second-order valence-corrected chi connectivity index (χ2v) is 5.36. The van der Waals surface area contributed by atoms with E-state index >= 15 is 0 Å². The lowest BCUT2D eigenvalue weighted by Crippen LogP contribution is -2.42. The third kappa shape index (κ3) is 4.27. The van der Waals surface area contributed by atoms with Crippen molar-refractivity contribution in [3.05, 3.63) is 11.7 Å². The number of nitrogens with zero attached hydrogens (tertiary/aromatic N) is 3. The summed E-state index contributed by atoms with van der Waals surface area (Å²) in [6, 6.07) is 0. The molecule has 1 N–H and O–H groups in total. The van der Waals surface area contributed by atoms with Crippen LogP contribution >= 0.6 is 0 Å². The van der Waals surface area contributed by atoms with Crippen LogP contribution in [0.4, 0.5) is 0 Å². The molecule has 0 atom stereocenters. The maximum absolute atomic E-state index is 12.1. The molecule has 21 heavy (non-hydrogen) atoms. The summed E-state index contributed by atoms with van der Waals surface area (Å²) in [7, 11) is 0. The van der Waals surface area contributed by atoms with Crippen LogP contribution < -0.4 is 5.32 Å². The number of aryl methyl sites for hydroxylation is 1. The summed E-state index contributed by atoms with van der Waals surface area (Å²) in [4.78, 5) is 29.8. The monoisotopic (exact) mass is 294 g/mol. The molecule has 7 nitrogen and oxygen atoms in total. The van der Waals surface area contributed by atoms with Gasteiger partial charge in [-0.2, -0.15) is 4.98 Å². The van der Waals surface area contributed by atoms with Crippen LogP contribution in [0.15, 0.2) is 4.52 Å². The molecule has 1 aliphatic heterocycles. The van der Waals surface area contributed by atoms with Gasteiger partial charge in [-0.25, -0.2) is 0 Å². The number of hydrogen-bond acceptors (Lipinski definition) is 5. The molecule has 1 fully saturated rings. The van der Waals surface area contributed by atoms with E-state index in [1.54, 1.807) is 6.92 Å². The van der Waals surface area contributed by atoms with Gasteiger partial charge < -0.3 is 14.7 Å². The van der Waals surface area contributed by atoms with E-state index in [0.717, 1.165) is 6.42 Å². The van der Waals surface area contributed by atoms with Crippen molar-refractivity contribution >= 4 is 11.8 Å². The number of likely N-dealkylation sites (tertiary alicyclic amines) is 1. The van der Waals surface area contributed by atoms with Crippen molar-refractivity contribution in [1.82, 2.24) is 20.4 Å². The minimum Gasteiger partial charge on any atom is -0.347 e. The maximum atomic E-state index is 12.1. The first-order valence-electron chi connectivity index (χ1n) is 7.44. The fourth-order valence-corrected chi connectivity index (χ4v) is 2.48. The van der Waals surface area contributed by atoms with E-state index in [-0.39, 0.29) is 24.3 Å². The molecule has 0 spiro atoms. The first-order chi connectivity index (χ1) is 10.1. The Bertz CT molecular complexity index is 492. The highest BCUT2D eigenvalue weighted by Gasteiger charge is 2.26. The van der Waals surface area contributed by atoms with E-state index in [9.17, 15) is 9.59 Å². The Hall–Kier alpha value is -1.92. The minimum atomic E-state index is -0.0419. The zero-order valence-corrected chi connectivity index (χ0v) is 12.6. The SMILES string of the molecule is CCCC(=O)N1CCC(C(=O)NCc2nc(C)no2)CC1. The van der Waals surface area contributed by atoms with Crippen molar-refractivity contribution in [3.63, 3.8) is 0 Å². The molecule has 0 radical (unpaired) electrons. The lowest BCUT2D eigenvalue weighted by atomic mass is 9.95. The van der Waals surface area contributed by atoms with Gasteiger partial charge in [-0.15, -0.1) is 0 Å². The number of carbonyl (C=O) groups is 2. The first kappa shape index (κ1) is 15.5. The summed E-state index contributed by atoms with van der Waals surface area (Å²) in [6.45, 7) is 5.32. The highest BCUT2D eigenvalue weighted by Crippen LogP contribution is 2.18. The standard InChI is InChI=1S/C14H22N4O3/c1-3-4-13(19)18-7-5-11(6-8-18)14(20)15-9-12-16-10(2)17-21-12/h11H,3-9H2,1-2H3,(H,15,20). The summed E-state index contributed by atoms with van der Waals surface area (Å²) >= 11 is 0. The molecule has 0 unspecified atom stereocenters. The predicted molar refractivity (Wildman–Crippen MR) is 75.1 cm³/mol. The fraction of sp³-hybridized carbons (Fsp3) is 0.714. The van der Waals surface area contributed by atoms with Crippen LogP contribution in [0, 0.1) is 12.8 Å². The van der Waals surface area contributed by atoms with Crippen molar-refractivity contribution in [2.45, 2.75) is 46.1 Å². The molecule has 1 saturated heterocycles. The van der Waals surface area contributed by atoms with Crippen LogP contribution in [0.25, 0.3) is 0 Å². The number of hydrogen-bond donors (Lipinski definition) is 1. The van der Waals surface area contributed by atoms with Crippen molar-refractivity contribution in [2.75, 3.05) is 13.1 Å². The Morgan fingerprint density at radius 3 is 2.67 bits per heavy atom. The van der Waals surface area contributed by atoms with E-state index in [0.29, 0.717) is 44.1 Å². The predicted octanol–water partition coefficient (Wildman–Crippen LogP) is 1.03. The normalized spacial score (nSPS) is 16.0. The van der Waals surface area contributed by atoms with Gasteiger partial charge in [-0.05, 0) is 26.2 Å². The van der Waals surface area contributed by atoms with Crippen LogP contribution in [-0.4, -0.2) is 39.9 Å². The lowest BCUT2D eigenvalue weighted by Gasteiger charge is -2.31. The smallest absolute Gasteiger partial charge is 0.246 e. The molecule has 1 aliphatic rings. The second kappa shape index (κ2) is 7.19. The molecule has 116 valence electrons. The molecule has 2 amide bonds. The summed E-state index contributed by atoms with van der Waals surface area (Å²) in [5.41, 5.74) is 0. The molecule has 1 aromatic heterocycles. The Kier molecular flexibility index (Phi) is 5.30. The first-order valence-corrected chi connectivity index (χ1v) is 7.44. The molecule has 2 heterocycles. The van der Waals surface area contributed by atoms with Gasteiger partial charge in [0, 0.05) is 25.4 Å². The zero-order valence-electron chi connectivity index (χ0n) is 12.6. The number of nitrogens with one attached hydrogen (secondary N) is 1. The fourth-order valence-electron chi connectivity index (χ4n) is 2.48. The topological polar surface area (TPSA) is 88.3 Å². The number of amides is 2. The maximum Gasteiger partial charge on any atom is 0.246 e. The number of carbonyl (C=O) groups excluding carboxylic acids is 2. The van der Waals surface area contributed by atoms with E-state index in [1.807, 2.05) is 11.8 Å². The van der Waals surface area contributed by atoms with Gasteiger partial charge in [0.1, 0.15) is 0 Å². The van der Waals surface area contributed by atoms with Crippen LogP contribution in [0.5, 0.6) is 0 Å². The molecular formula is C14H22N4O3. The van der Waals surface area contributed by atoms with E-state index in [1.165, 1.54) is 0 Å². The number of rotatable bonds is 5. The summed E-state index contributed by atoms with van der Waals surface area (Å²) in [5, 5.41) is 6.48. The van der Waals surface area contributed by atoms with Gasteiger partial charge in [0.05, 0.1) is 6.54 Å². The largest absolute Gasteiger partial charge is 0.347 e. The second-order valence-electron chi connectivity index (χ2n) is 5.36. The lowest BCUT2D eigenvalue weighted by molar-refractivity contribution is -0.135. The quantitative estimate of drug-likeness (QED) is 0.876. The third-order valence-corrected chi connectivity index (χ3v) is 3.67. The van der Waals surface area contributed by atoms with Crippen LogP contribution in [0.3, 0.4) is 0 Å². The van der Waals surface area contributed by atoms with Gasteiger partial charge >= 0.3 is 0 Å². The minimum absolute atomic E-state index is 0.00607. The molecule has 7 heteroatoms. The number of aromatic nitrogens is 2. The molecule has 0 aliphatic carbocycles. The molecule has 0 bridgehead atoms. The summed E-state index contributed by atoms with van der Waals surface area (Å²) in [6.07, 6.45) is 2.88.